The first kappa shape index (κ1) is 21.0. The molecule has 0 fully saturated rings. The molecule has 0 amide bonds. The predicted octanol–water partition coefficient (Wildman–Crippen LogP) is 3.49. The molecule has 0 aromatic carbocycles. The number of aliphatic hydroxyl groups is 1. The van der Waals surface area contributed by atoms with E-state index in [1.165, 1.54) is 14.2 Å². The standard InChI is InChI=1S/C20H22O9/c1-23-19(17-7-5-14(10-22)28-17)26-12-16-6-8-18(29-16)20(24-2)25-11-15-4-3-13(9-21)27-15/h3-9,19-20,22H,10-12H2,1-2H3/t19-,20-/m1/s1. The van der Waals surface area contributed by atoms with Gasteiger partial charge in [0, 0.05) is 14.2 Å². The Hall–Kier alpha value is -2.69. The molecule has 0 aliphatic heterocycles. The fourth-order valence-corrected chi connectivity index (χ4v) is 2.59. The summed E-state index contributed by atoms with van der Waals surface area (Å²) < 4.78 is 38.3. The summed E-state index contributed by atoms with van der Waals surface area (Å²) >= 11 is 0. The van der Waals surface area contributed by atoms with Gasteiger partial charge in [0.15, 0.2) is 23.6 Å². The maximum atomic E-state index is 10.7. The van der Waals surface area contributed by atoms with Crippen LogP contribution < -0.4 is 0 Å². The second kappa shape index (κ2) is 10.2. The van der Waals surface area contributed by atoms with Crippen LogP contribution in [-0.4, -0.2) is 25.6 Å². The van der Waals surface area contributed by atoms with E-state index < -0.39 is 12.6 Å². The lowest BCUT2D eigenvalue weighted by Crippen LogP contribution is -2.06. The van der Waals surface area contributed by atoms with Crippen molar-refractivity contribution in [2.24, 2.45) is 0 Å². The molecule has 0 aliphatic carbocycles. The van der Waals surface area contributed by atoms with Crippen LogP contribution in [0.2, 0.25) is 0 Å². The van der Waals surface area contributed by atoms with E-state index >= 15 is 0 Å². The van der Waals surface area contributed by atoms with Gasteiger partial charge in [-0.1, -0.05) is 0 Å². The van der Waals surface area contributed by atoms with Crippen LogP contribution >= 0.6 is 0 Å². The summed E-state index contributed by atoms with van der Waals surface area (Å²) in [6, 6.07) is 9.98. The molecule has 0 aliphatic rings. The maximum Gasteiger partial charge on any atom is 0.217 e. The molecule has 3 aromatic heterocycles. The van der Waals surface area contributed by atoms with Crippen LogP contribution in [0.3, 0.4) is 0 Å². The number of hydrogen-bond donors (Lipinski definition) is 1. The van der Waals surface area contributed by atoms with Crippen LogP contribution in [0.25, 0.3) is 0 Å². The lowest BCUT2D eigenvalue weighted by atomic mass is 10.4. The molecule has 0 saturated heterocycles. The Morgan fingerprint density at radius 1 is 0.828 bits per heavy atom. The quantitative estimate of drug-likeness (QED) is 0.356. The van der Waals surface area contributed by atoms with Crippen molar-refractivity contribution in [2.45, 2.75) is 32.4 Å². The topological polar surface area (TPSA) is 114 Å². The Balaban J connectivity index is 1.55. The van der Waals surface area contributed by atoms with Gasteiger partial charge in [0.2, 0.25) is 12.6 Å². The van der Waals surface area contributed by atoms with Gasteiger partial charge >= 0.3 is 0 Å². The first-order chi connectivity index (χ1) is 14.2. The van der Waals surface area contributed by atoms with Gasteiger partial charge < -0.3 is 37.3 Å². The van der Waals surface area contributed by atoms with Gasteiger partial charge in [-0.05, 0) is 36.4 Å². The van der Waals surface area contributed by atoms with E-state index in [0.29, 0.717) is 35.1 Å². The van der Waals surface area contributed by atoms with Gasteiger partial charge in [0.05, 0.1) is 0 Å². The monoisotopic (exact) mass is 406 g/mol. The van der Waals surface area contributed by atoms with E-state index in [-0.39, 0.29) is 25.6 Å². The number of rotatable bonds is 12. The lowest BCUT2D eigenvalue weighted by Gasteiger charge is -2.14. The van der Waals surface area contributed by atoms with Gasteiger partial charge in [0.25, 0.3) is 0 Å². The average molecular weight is 406 g/mol. The molecule has 156 valence electrons. The summed E-state index contributed by atoms with van der Waals surface area (Å²) in [6.07, 6.45) is -0.885. The fraction of sp³-hybridized carbons (Fsp3) is 0.350. The number of ether oxygens (including phenoxy) is 4. The highest BCUT2D eigenvalue weighted by Gasteiger charge is 2.19. The zero-order chi connectivity index (χ0) is 20.6. The van der Waals surface area contributed by atoms with Crippen LogP contribution in [-0.2, 0) is 38.8 Å². The van der Waals surface area contributed by atoms with Crippen molar-refractivity contribution >= 4 is 6.29 Å². The smallest absolute Gasteiger partial charge is 0.217 e. The van der Waals surface area contributed by atoms with Crippen LogP contribution in [0, 0.1) is 0 Å². The fourth-order valence-electron chi connectivity index (χ4n) is 2.59. The second-order valence-electron chi connectivity index (χ2n) is 5.95. The zero-order valence-electron chi connectivity index (χ0n) is 16.0. The molecule has 0 unspecified atom stereocenters. The van der Waals surface area contributed by atoms with Crippen molar-refractivity contribution < 1.29 is 42.1 Å². The van der Waals surface area contributed by atoms with Crippen LogP contribution in [0.4, 0.5) is 0 Å². The number of carbonyl (C=O) groups is 1. The third kappa shape index (κ3) is 5.43. The lowest BCUT2D eigenvalue weighted by molar-refractivity contribution is -0.156. The molecule has 0 bridgehead atoms. The predicted molar refractivity (Wildman–Crippen MR) is 96.5 cm³/mol. The molecular weight excluding hydrogens is 384 g/mol. The maximum absolute atomic E-state index is 10.7. The number of aldehydes is 1. The Kier molecular flexibility index (Phi) is 7.39. The first-order valence-corrected chi connectivity index (χ1v) is 8.77. The Bertz CT molecular complexity index is 891. The largest absolute Gasteiger partial charge is 0.458 e. The zero-order valence-corrected chi connectivity index (χ0v) is 16.0. The number of methoxy groups -OCH3 is 2. The van der Waals surface area contributed by atoms with Crippen LogP contribution in [0.5, 0.6) is 0 Å². The normalized spacial score (nSPS) is 13.5. The minimum absolute atomic E-state index is 0.107. The highest BCUT2D eigenvalue weighted by Crippen LogP contribution is 2.26. The van der Waals surface area contributed by atoms with Crippen molar-refractivity contribution in [3.63, 3.8) is 0 Å². The highest BCUT2D eigenvalue weighted by atomic mass is 16.7. The third-order valence-corrected chi connectivity index (χ3v) is 3.97. The molecular formula is C20H22O9. The number of carbonyl (C=O) groups excluding carboxylic acids is 1. The SMILES string of the molecule is CO[C@H](OCc1ccc([C@H](OC)OCc2ccc(C=O)o2)o1)c1ccc(CO)o1. The van der Waals surface area contributed by atoms with E-state index in [2.05, 4.69) is 0 Å². The molecule has 0 radical (unpaired) electrons. The Labute approximate surface area is 166 Å². The van der Waals surface area contributed by atoms with Crippen molar-refractivity contribution in [3.05, 3.63) is 71.0 Å². The molecule has 3 rings (SSSR count). The first-order valence-electron chi connectivity index (χ1n) is 8.77. The second-order valence-corrected chi connectivity index (χ2v) is 5.95. The summed E-state index contributed by atoms with van der Waals surface area (Å²) in [7, 11) is 2.97. The Morgan fingerprint density at radius 2 is 1.34 bits per heavy atom. The molecule has 29 heavy (non-hydrogen) atoms. The van der Waals surface area contributed by atoms with Crippen molar-refractivity contribution in [3.8, 4) is 0 Å². The number of hydrogen-bond acceptors (Lipinski definition) is 9. The summed E-state index contributed by atoms with van der Waals surface area (Å²) in [5, 5.41) is 9.09. The van der Waals surface area contributed by atoms with E-state index in [4.69, 9.17) is 37.3 Å². The van der Waals surface area contributed by atoms with Gasteiger partial charge in [-0.25, -0.2) is 0 Å². The minimum Gasteiger partial charge on any atom is -0.458 e. The van der Waals surface area contributed by atoms with E-state index in [1.807, 2.05) is 0 Å². The van der Waals surface area contributed by atoms with Gasteiger partial charge in [-0.15, -0.1) is 0 Å². The van der Waals surface area contributed by atoms with E-state index in [0.717, 1.165) is 0 Å². The van der Waals surface area contributed by atoms with E-state index in [9.17, 15) is 4.79 Å². The molecule has 0 saturated carbocycles. The highest BCUT2D eigenvalue weighted by molar-refractivity contribution is 5.70. The molecule has 1 N–H and O–H groups in total. The summed E-state index contributed by atoms with van der Waals surface area (Å²) in [5.74, 6) is 2.56. The van der Waals surface area contributed by atoms with Gasteiger partial charge in [-0.3, -0.25) is 4.79 Å². The summed E-state index contributed by atoms with van der Waals surface area (Å²) in [6.45, 7) is 0.0200. The molecule has 3 heterocycles. The third-order valence-electron chi connectivity index (χ3n) is 3.97. The Morgan fingerprint density at radius 3 is 1.83 bits per heavy atom. The van der Waals surface area contributed by atoms with Crippen LogP contribution in [0.1, 0.15) is 51.9 Å². The molecule has 2 atom stereocenters. The van der Waals surface area contributed by atoms with Gasteiger partial charge in [0.1, 0.15) is 37.1 Å². The van der Waals surface area contributed by atoms with Crippen molar-refractivity contribution in [2.75, 3.05) is 14.2 Å². The molecule has 0 spiro atoms. The van der Waals surface area contributed by atoms with Crippen LogP contribution in [0.15, 0.2) is 49.6 Å². The number of furan rings is 3. The molecule has 3 aromatic rings. The van der Waals surface area contributed by atoms with Gasteiger partial charge in [-0.2, -0.15) is 0 Å². The summed E-state index contributed by atoms with van der Waals surface area (Å²) in [4.78, 5) is 10.7. The average Bonchev–Trinajstić information content (AvgIpc) is 3.50. The van der Waals surface area contributed by atoms with Crippen molar-refractivity contribution in [1.82, 2.24) is 0 Å². The summed E-state index contributed by atoms with van der Waals surface area (Å²) in [5.41, 5.74) is 0. The number of aliphatic hydroxyl groups excluding tert-OH is 1. The molecule has 9 nitrogen and oxygen atoms in total. The van der Waals surface area contributed by atoms with E-state index in [1.54, 1.807) is 36.4 Å². The van der Waals surface area contributed by atoms with Crippen molar-refractivity contribution in [1.29, 1.82) is 0 Å². The minimum atomic E-state index is -0.760. The molecule has 9 heteroatoms.